The Morgan fingerprint density at radius 3 is 2.74 bits per heavy atom. The van der Waals surface area contributed by atoms with Crippen molar-refractivity contribution in [2.75, 3.05) is 0 Å². The van der Waals surface area contributed by atoms with Gasteiger partial charge in [-0.2, -0.15) is 5.10 Å². The van der Waals surface area contributed by atoms with E-state index in [0.717, 1.165) is 19.2 Å². The van der Waals surface area contributed by atoms with Gasteiger partial charge in [-0.3, -0.25) is 4.68 Å². The van der Waals surface area contributed by atoms with Gasteiger partial charge in [0.1, 0.15) is 4.90 Å². The largest absolute Gasteiger partial charge is 0.436 e. The van der Waals surface area contributed by atoms with Gasteiger partial charge in [0.15, 0.2) is 5.75 Å². The van der Waals surface area contributed by atoms with Crippen LogP contribution < -0.4 is 4.74 Å². The van der Waals surface area contributed by atoms with Crippen molar-refractivity contribution in [3.63, 3.8) is 0 Å². The van der Waals surface area contributed by atoms with Crippen molar-refractivity contribution in [2.45, 2.75) is 24.8 Å². The molecule has 0 atom stereocenters. The van der Waals surface area contributed by atoms with Gasteiger partial charge in [0.05, 0.1) is 18.6 Å². The molecule has 6 nitrogen and oxygen atoms in total. The smallest absolute Gasteiger partial charge is 0.262 e. The average molecular weight is 302 g/mol. The molecule has 102 valence electrons. The molecule has 2 aromatic heterocycles. The Morgan fingerprint density at radius 1 is 1.37 bits per heavy atom. The Labute approximate surface area is 115 Å². The third-order valence-electron chi connectivity index (χ3n) is 2.28. The van der Waals surface area contributed by atoms with Crippen LogP contribution in [-0.2, 0) is 15.6 Å². The maximum Gasteiger partial charge on any atom is 0.262 e. The summed E-state index contributed by atoms with van der Waals surface area (Å²) in [6, 6.07) is 2.77. The fraction of sp³-hybridized carbons (Fsp3) is 0.273. The monoisotopic (exact) mass is 301 g/mol. The van der Waals surface area contributed by atoms with Crippen molar-refractivity contribution >= 4 is 19.7 Å². The average Bonchev–Trinajstić information content (AvgIpc) is 2.77. The fourth-order valence-corrected chi connectivity index (χ4v) is 2.12. The van der Waals surface area contributed by atoms with Crippen molar-refractivity contribution in [2.24, 2.45) is 0 Å². The number of halogens is 1. The maximum atomic E-state index is 11.0. The van der Waals surface area contributed by atoms with Crippen LogP contribution >= 0.6 is 10.7 Å². The summed E-state index contributed by atoms with van der Waals surface area (Å²) >= 11 is 0. The minimum atomic E-state index is -3.76. The number of ether oxygens (including phenoxy) is 1. The van der Waals surface area contributed by atoms with Gasteiger partial charge in [0.25, 0.3) is 9.05 Å². The van der Waals surface area contributed by atoms with Gasteiger partial charge in [-0.25, -0.2) is 13.4 Å². The molecule has 2 rings (SSSR count). The number of nitrogens with zero attached hydrogens (tertiary/aromatic N) is 3. The predicted molar refractivity (Wildman–Crippen MR) is 69.9 cm³/mol. The summed E-state index contributed by atoms with van der Waals surface area (Å²) < 4.78 is 29.3. The number of aromatic nitrogens is 3. The number of hydrogen-bond acceptors (Lipinski definition) is 5. The maximum absolute atomic E-state index is 11.0. The van der Waals surface area contributed by atoms with Crippen molar-refractivity contribution in [1.29, 1.82) is 0 Å². The lowest BCUT2D eigenvalue weighted by atomic mass is 10.5. The second kappa shape index (κ2) is 5.58. The van der Waals surface area contributed by atoms with Crippen LogP contribution in [0.5, 0.6) is 11.6 Å². The zero-order valence-corrected chi connectivity index (χ0v) is 11.7. The molecular formula is C11H12ClN3O3S. The second-order valence-electron chi connectivity index (χ2n) is 3.81. The summed E-state index contributed by atoms with van der Waals surface area (Å²) in [5.74, 6) is 0.822. The van der Waals surface area contributed by atoms with E-state index >= 15 is 0 Å². The summed E-state index contributed by atoms with van der Waals surface area (Å²) in [4.78, 5) is 3.81. The van der Waals surface area contributed by atoms with Gasteiger partial charge >= 0.3 is 0 Å². The highest BCUT2D eigenvalue weighted by molar-refractivity contribution is 8.13. The second-order valence-corrected chi connectivity index (χ2v) is 6.38. The zero-order valence-electron chi connectivity index (χ0n) is 10.2. The predicted octanol–water partition coefficient (Wildman–Crippen LogP) is 2.41. The summed E-state index contributed by atoms with van der Waals surface area (Å²) in [6.07, 6.45) is 5.44. The molecule has 0 saturated heterocycles. The molecule has 2 aromatic rings. The van der Waals surface area contributed by atoms with Gasteiger partial charge in [0.2, 0.25) is 5.88 Å². The third-order valence-corrected chi connectivity index (χ3v) is 3.61. The molecule has 0 bridgehead atoms. The first kappa shape index (κ1) is 13.8. The topological polar surface area (TPSA) is 74.1 Å². The van der Waals surface area contributed by atoms with Crippen molar-refractivity contribution in [3.8, 4) is 11.6 Å². The van der Waals surface area contributed by atoms with Crippen molar-refractivity contribution < 1.29 is 13.2 Å². The molecule has 19 heavy (non-hydrogen) atoms. The first-order valence-corrected chi connectivity index (χ1v) is 7.91. The third kappa shape index (κ3) is 3.68. The molecule has 0 aromatic carbocycles. The van der Waals surface area contributed by atoms with Crippen LogP contribution in [0.4, 0.5) is 0 Å². The van der Waals surface area contributed by atoms with Gasteiger partial charge < -0.3 is 4.74 Å². The summed E-state index contributed by atoms with van der Waals surface area (Å²) in [7, 11) is 1.43. The van der Waals surface area contributed by atoms with Gasteiger partial charge in [-0.15, -0.1) is 0 Å². The molecule has 0 aliphatic carbocycles. The van der Waals surface area contributed by atoms with Crippen LogP contribution in [0.2, 0.25) is 0 Å². The van der Waals surface area contributed by atoms with Gasteiger partial charge in [0, 0.05) is 23.3 Å². The lowest BCUT2D eigenvalue weighted by Crippen LogP contribution is -1.95. The van der Waals surface area contributed by atoms with Crippen molar-refractivity contribution in [3.05, 3.63) is 30.7 Å². The van der Waals surface area contributed by atoms with Gasteiger partial charge in [-0.1, -0.05) is 6.92 Å². The normalized spacial score (nSPS) is 11.5. The highest BCUT2D eigenvalue weighted by Gasteiger charge is 2.10. The van der Waals surface area contributed by atoms with E-state index in [1.807, 2.05) is 0 Å². The number of hydrogen-bond donors (Lipinski definition) is 0. The van der Waals surface area contributed by atoms with Crippen LogP contribution in [0.15, 0.2) is 35.6 Å². The SMILES string of the molecule is CCCn1cc(Oc2ccc(S(=O)(=O)Cl)cn2)cn1. The van der Waals surface area contributed by atoms with E-state index < -0.39 is 9.05 Å². The summed E-state index contributed by atoms with van der Waals surface area (Å²) in [5.41, 5.74) is 0. The molecule has 0 saturated carbocycles. The van der Waals surface area contributed by atoms with Crippen LogP contribution in [0.25, 0.3) is 0 Å². The molecule has 0 unspecified atom stereocenters. The Morgan fingerprint density at radius 2 is 2.16 bits per heavy atom. The number of rotatable bonds is 5. The molecule has 0 radical (unpaired) electrons. The molecule has 2 heterocycles. The highest BCUT2D eigenvalue weighted by Crippen LogP contribution is 2.21. The van der Waals surface area contributed by atoms with Crippen molar-refractivity contribution in [1.82, 2.24) is 14.8 Å². The van der Waals surface area contributed by atoms with Crippen LogP contribution in [-0.4, -0.2) is 23.2 Å². The molecule has 0 fully saturated rings. The number of aryl methyl sites for hydroxylation is 1. The van der Waals surface area contributed by atoms with E-state index in [9.17, 15) is 8.42 Å². The van der Waals surface area contributed by atoms with E-state index in [0.29, 0.717) is 5.75 Å². The lowest BCUT2D eigenvalue weighted by molar-refractivity contribution is 0.460. The molecule has 0 spiro atoms. The van der Waals surface area contributed by atoms with E-state index in [-0.39, 0.29) is 10.8 Å². The highest BCUT2D eigenvalue weighted by atomic mass is 35.7. The van der Waals surface area contributed by atoms with E-state index in [4.69, 9.17) is 15.4 Å². The molecule has 0 aliphatic heterocycles. The molecule has 0 amide bonds. The lowest BCUT2D eigenvalue weighted by Gasteiger charge is -2.01. The fourth-order valence-electron chi connectivity index (χ4n) is 1.44. The molecule has 0 N–H and O–H groups in total. The number of pyridine rings is 1. The van der Waals surface area contributed by atoms with E-state index in [1.54, 1.807) is 17.1 Å². The van der Waals surface area contributed by atoms with Crippen LogP contribution in [0, 0.1) is 0 Å². The zero-order chi connectivity index (χ0) is 13.9. The molecule has 0 aliphatic rings. The Kier molecular flexibility index (Phi) is 4.06. The van der Waals surface area contributed by atoms with E-state index in [1.165, 1.54) is 12.1 Å². The summed E-state index contributed by atoms with van der Waals surface area (Å²) in [5, 5.41) is 4.11. The Balaban J connectivity index is 2.10. The Hall–Kier alpha value is -1.60. The summed E-state index contributed by atoms with van der Waals surface area (Å²) in [6.45, 7) is 2.86. The molecular weight excluding hydrogens is 290 g/mol. The quantitative estimate of drug-likeness (QED) is 0.793. The van der Waals surface area contributed by atoms with Gasteiger partial charge in [-0.05, 0) is 12.5 Å². The Bertz CT molecular complexity index is 652. The standard InChI is InChI=1S/C11H12ClN3O3S/c1-2-5-15-8-9(6-14-15)18-11-4-3-10(7-13-11)19(12,16)17/h3-4,6-8H,2,5H2,1H3. The van der Waals surface area contributed by atoms with E-state index in [2.05, 4.69) is 17.0 Å². The minimum absolute atomic E-state index is 0.0665. The first-order valence-electron chi connectivity index (χ1n) is 5.60. The first-order chi connectivity index (χ1) is 8.99. The van der Waals surface area contributed by atoms with Crippen LogP contribution in [0.1, 0.15) is 13.3 Å². The molecule has 8 heteroatoms. The van der Waals surface area contributed by atoms with Crippen LogP contribution in [0.3, 0.4) is 0 Å². The minimum Gasteiger partial charge on any atom is -0.436 e.